The summed E-state index contributed by atoms with van der Waals surface area (Å²) in [5.41, 5.74) is 6.47. The molecular formula is C20H34N6O. The van der Waals surface area contributed by atoms with E-state index in [-0.39, 0.29) is 5.54 Å². The Balaban J connectivity index is 1.75. The van der Waals surface area contributed by atoms with Gasteiger partial charge in [0.25, 0.3) is 0 Å². The molecule has 1 saturated carbocycles. The average Bonchev–Trinajstić information content (AvgIpc) is 2.64. The monoisotopic (exact) mass is 374 g/mol. The fraction of sp³-hybridized carbons (Fsp3) is 0.750. The summed E-state index contributed by atoms with van der Waals surface area (Å²) in [7, 11) is 0. The normalized spacial score (nSPS) is 25.8. The van der Waals surface area contributed by atoms with Crippen molar-refractivity contribution in [2.45, 2.75) is 77.3 Å². The van der Waals surface area contributed by atoms with Crippen LogP contribution in [-0.4, -0.2) is 40.6 Å². The summed E-state index contributed by atoms with van der Waals surface area (Å²) in [5.74, 6) is 2.78. The predicted molar refractivity (Wildman–Crippen MR) is 111 cm³/mol. The molecule has 1 aliphatic carbocycles. The molecule has 1 aromatic rings. The van der Waals surface area contributed by atoms with Crippen LogP contribution in [0.2, 0.25) is 0 Å². The third kappa shape index (κ3) is 5.54. The fourth-order valence-corrected chi connectivity index (χ4v) is 3.94. The van der Waals surface area contributed by atoms with Gasteiger partial charge in [-0.3, -0.25) is 0 Å². The predicted octanol–water partition coefficient (Wildman–Crippen LogP) is 3.85. The molecule has 4 N–H and O–H groups in total. The molecule has 3 rings (SSSR count). The summed E-state index contributed by atoms with van der Waals surface area (Å²) >= 11 is 0. The van der Waals surface area contributed by atoms with E-state index >= 15 is 0 Å². The number of rotatable bonds is 6. The van der Waals surface area contributed by atoms with Crippen LogP contribution in [0, 0.1) is 5.92 Å². The van der Waals surface area contributed by atoms with E-state index in [0.29, 0.717) is 23.5 Å². The maximum Gasteiger partial charge on any atom is 0.225 e. The summed E-state index contributed by atoms with van der Waals surface area (Å²) in [6.07, 6.45) is 9.82. The average molecular weight is 375 g/mol. The van der Waals surface area contributed by atoms with Crippen molar-refractivity contribution >= 4 is 23.3 Å². The third-order valence-corrected chi connectivity index (χ3v) is 5.84. The molecule has 27 heavy (non-hydrogen) atoms. The van der Waals surface area contributed by atoms with Gasteiger partial charge in [-0.2, -0.15) is 4.98 Å². The molecule has 0 spiro atoms. The summed E-state index contributed by atoms with van der Waals surface area (Å²) in [6, 6.07) is 0.432. The van der Waals surface area contributed by atoms with Crippen LogP contribution in [0.25, 0.3) is 0 Å². The second-order valence-corrected chi connectivity index (χ2v) is 8.25. The van der Waals surface area contributed by atoms with Gasteiger partial charge in [-0.15, -0.1) is 0 Å². The number of nitrogens with one attached hydrogen (secondary N) is 2. The Kier molecular flexibility index (Phi) is 6.52. The van der Waals surface area contributed by atoms with Gasteiger partial charge in [0, 0.05) is 24.8 Å². The fourth-order valence-electron chi connectivity index (χ4n) is 3.94. The van der Waals surface area contributed by atoms with Gasteiger partial charge in [-0.1, -0.05) is 13.3 Å². The van der Waals surface area contributed by atoms with Gasteiger partial charge >= 0.3 is 0 Å². The maximum absolute atomic E-state index is 5.81. The van der Waals surface area contributed by atoms with Crippen molar-refractivity contribution < 1.29 is 4.74 Å². The first-order valence-corrected chi connectivity index (χ1v) is 10.3. The molecule has 1 aromatic heterocycles. The zero-order valence-electron chi connectivity index (χ0n) is 16.9. The largest absolute Gasteiger partial charge is 0.387 e. The number of ether oxygens (including phenoxy) is 1. The first-order valence-electron chi connectivity index (χ1n) is 10.3. The van der Waals surface area contributed by atoms with E-state index in [2.05, 4.69) is 34.5 Å². The van der Waals surface area contributed by atoms with Gasteiger partial charge in [0.1, 0.15) is 5.69 Å². The van der Waals surface area contributed by atoms with Gasteiger partial charge in [0.15, 0.2) is 5.82 Å². The number of anilines is 2. The second-order valence-electron chi connectivity index (χ2n) is 8.25. The number of aliphatic imine (C=N–C) groups is 1. The van der Waals surface area contributed by atoms with E-state index in [4.69, 9.17) is 15.5 Å². The summed E-state index contributed by atoms with van der Waals surface area (Å²) < 4.78 is 5.48. The van der Waals surface area contributed by atoms with Crippen molar-refractivity contribution in [3.8, 4) is 0 Å². The van der Waals surface area contributed by atoms with Crippen LogP contribution in [0.4, 0.5) is 17.5 Å². The highest BCUT2D eigenvalue weighted by Crippen LogP contribution is 2.32. The molecule has 2 heterocycles. The Morgan fingerprint density at radius 2 is 2.00 bits per heavy atom. The molecule has 0 amide bonds. The summed E-state index contributed by atoms with van der Waals surface area (Å²) in [5, 5.41) is 7.12. The summed E-state index contributed by atoms with van der Waals surface area (Å²) in [6.45, 7) is 7.81. The van der Waals surface area contributed by atoms with E-state index in [1.807, 2.05) is 0 Å². The summed E-state index contributed by atoms with van der Waals surface area (Å²) in [4.78, 5) is 13.7. The Morgan fingerprint density at radius 3 is 2.63 bits per heavy atom. The molecule has 1 saturated heterocycles. The molecule has 7 nitrogen and oxygen atoms in total. The molecule has 2 fully saturated rings. The van der Waals surface area contributed by atoms with E-state index in [1.165, 1.54) is 32.1 Å². The zero-order valence-corrected chi connectivity index (χ0v) is 16.9. The molecule has 0 radical (unpaired) electrons. The lowest BCUT2D eigenvalue weighted by Crippen LogP contribution is -2.41. The Labute approximate surface area is 162 Å². The van der Waals surface area contributed by atoms with E-state index < -0.39 is 0 Å². The Morgan fingerprint density at radius 1 is 1.30 bits per heavy atom. The minimum atomic E-state index is -0.0384. The molecular weight excluding hydrogens is 340 g/mol. The van der Waals surface area contributed by atoms with Crippen LogP contribution < -0.4 is 16.4 Å². The van der Waals surface area contributed by atoms with Crippen molar-refractivity contribution in [1.82, 2.24) is 9.97 Å². The van der Waals surface area contributed by atoms with Crippen molar-refractivity contribution in [1.29, 1.82) is 0 Å². The molecule has 0 atom stereocenters. The zero-order chi connectivity index (χ0) is 19.3. The number of hydrogen-bond acceptors (Lipinski definition) is 6. The first-order chi connectivity index (χ1) is 13.0. The molecule has 7 heteroatoms. The highest BCUT2D eigenvalue weighted by molar-refractivity contribution is 5.82. The van der Waals surface area contributed by atoms with Crippen molar-refractivity contribution in [2.24, 2.45) is 16.6 Å². The van der Waals surface area contributed by atoms with Gasteiger partial charge in [-0.25, -0.2) is 9.98 Å². The smallest absolute Gasteiger partial charge is 0.225 e. The Bertz CT molecular complexity index is 644. The SMILES string of the molecule is CCC1CCC(Nc2nc(NC3(C)CCOCC3)ncc2N=C(C)N)CC1. The Hall–Kier alpha value is -1.89. The van der Waals surface area contributed by atoms with Crippen LogP contribution in [0.15, 0.2) is 11.2 Å². The van der Waals surface area contributed by atoms with Gasteiger partial charge < -0.3 is 21.1 Å². The van der Waals surface area contributed by atoms with E-state index in [1.54, 1.807) is 13.1 Å². The van der Waals surface area contributed by atoms with Crippen molar-refractivity contribution in [2.75, 3.05) is 23.8 Å². The molecule has 150 valence electrons. The van der Waals surface area contributed by atoms with Crippen LogP contribution >= 0.6 is 0 Å². The lowest BCUT2D eigenvalue weighted by molar-refractivity contribution is 0.0656. The molecule has 0 bridgehead atoms. The number of nitrogens with two attached hydrogens (primary N) is 1. The molecule has 0 aromatic carbocycles. The second kappa shape index (κ2) is 8.87. The lowest BCUT2D eigenvalue weighted by atomic mass is 9.84. The van der Waals surface area contributed by atoms with Gasteiger partial charge in [-0.05, 0) is 58.3 Å². The number of amidine groups is 1. The molecule has 1 aliphatic heterocycles. The van der Waals surface area contributed by atoms with Crippen molar-refractivity contribution in [3.05, 3.63) is 6.20 Å². The van der Waals surface area contributed by atoms with E-state index in [9.17, 15) is 0 Å². The van der Waals surface area contributed by atoms with Crippen LogP contribution in [-0.2, 0) is 4.74 Å². The highest BCUT2D eigenvalue weighted by atomic mass is 16.5. The minimum absolute atomic E-state index is 0.0384. The van der Waals surface area contributed by atoms with Gasteiger partial charge in [0.05, 0.1) is 12.0 Å². The minimum Gasteiger partial charge on any atom is -0.387 e. The topological polar surface area (TPSA) is 97.5 Å². The van der Waals surface area contributed by atoms with Crippen LogP contribution in [0.3, 0.4) is 0 Å². The highest BCUT2D eigenvalue weighted by Gasteiger charge is 2.28. The lowest BCUT2D eigenvalue weighted by Gasteiger charge is -2.34. The van der Waals surface area contributed by atoms with E-state index in [0.717, 1.165) is 37.8 Å². The van der Waals surface area contributed by atoms with Crippen LogP contribution in [0.5, 0.6) is 0 Å². The first kappa shape index (κ1) is 19.9. The molecule has 2 aliphatic rings. The third-order valence-electron chi connectivity index (χ3n) is 5.84. The number of nitrogens with zero attached hydrogens (tertiary/aromatic N) is 3. The quantitative estimate of drug-likeness (QED) is 0.517. The maximum atomic E-state index is 5.81. The number of hydrogen-bond donors (Lipinski definition) is 3. The van der Waals surface area contributed by atoms with Crippen molar-refractivity contribution in [3.63, 3.8) is 0 Å². The van der Waals surface area contributed by atoms with Gasteiger partial charge in [0.2, 0.25) is 5.95 Å². The standard InChI is InChI=1S/C20H34N6O/c1-4-15-5-7-16(8-6-15)24-18-17(23-14(2)21)13-22-19(25-18)26-20(3)9-11-27-12-10-20/h13,15-16H,4-12H2,1-3H3,(H2,21,23)(H2,22,24,25,26). The number of aromatic nitrogens is 2. The van der Waals surface area contributed by atoms with Crippen LogP contribution in [0.1, 0.15) is 65.7 Å². The molecule has 0 unspecified atom stereocenters.